The van der Waals surface area contributed by atoms with E-state index in [0.29, 0.717) is 12.1 Å². The van der Waals surface area contributed by atoms with E-state index in [1.807, 2.05) is 6.07 Å². The highest BCUT2D eigenvalue weighted by molar-refractivity contribution is 9.10. The van der Waals surface area contributed by atoms with E-state index in [2.05, 4.69) is 52.4 Å². The number of ether oxygens (including phenoxy) is 1. The predicted molar refractivity (Wildman–Crippen MR) is 87.3 cm³/mol. The average molecular weight is 341 g/mol. The van der Waals surface area contributed by atoms with E-state index in [1.165, 1.54) is 31.2 Å². The van der Waals surface area contributed by atoms with Gasteiger partial charge in [-0.1, -0.05) is 15.9 Å². The molecular weight excluding hydrogens is 316 g/mol. The minimum Gasteiger partial charge on any atom is -0.497 e. The van der Waals surface area contributed by atoms with Crippen LogP contribution >= 0.6 is 15.9 Å². The predicted octanol–water partition coefficient (Wildman–Crippen LogP) is 3.42. The molecule has 0 radical (unpaired) electrons. The van der Waals surface area contributed by atoms with Crippen LogP contribution in [0.5, 0.6) is 5.75 Å². The molecule has 0 atom stereocenters. The van der Waals surface area contributed by atoms with Crippen molar-refractivity contribution in [2.75, 3.05) is 21.2 Å². The minimum absolute atomic E-state index is 0.692. The van der Waals surface area contributed by atoms with Crippen LogP contribution in [0.4, 0.5) is 0 Å². The van der Waals surface area contributed by atoms with Crippen LogP contribution in [0, 0.1) is 0 Å². The third-order valence-corrected chi connectivity index (χ3v) is 5.17. The SMILES string of the molecule is CNC1CCC(N(C)Cc2cc(OC)ccc2Br)CC1. The first kappa shape index (κ1) is 15.8. The van der Waals surface area contributed by atoms with Gasteiger partial charge < -0.3 is 10.1 Å². The second-order valence-corrected chi connectivity index (χ2v) is 6.52. The van der Waals surface area contributed by atoms with Crippen molar-refractivity contribution >= 4 is 15.9 Å². The fraction of sp³-hybridized carbons (Fsp3) is 0.625. The standard InChI is InChI=1S/C16H25BrN2O/c1-18-13-4-6-14(7-5-13)19(2)11-12-10-15(20-3)8-9-16(12)17/h8-10,13-14,18H,4-7,11H2,1-3H3. The molecule has 0 saturated heterocycles. The summed E-state index contributed by atoms with van der Waals surface area (Å²) in [7, 11) is 6.02. The smallest absolute Gasteiger partial charge is 0.119 e. The van der Waals surface area contributed by atoms with Gasteiger partial charge in [0.05, 0.1) is 7.11 Å². The second-order valence-electron chi connectivity index (χ2n) is 5.67. The van der Waals surface area contributed by atoms with Crippen LogP contribution in [0.3, 0.4) is 0 Å². The quantitative estimate of drug-likeness (QED) is 0.888. The van der Waals surface area contributed by atoms with E-state index >= 15 is 0 Å². The maximum absolute atomic E-state index is 5.32. The molecular formula is C16H25BrN2O. The molecule has 0 amide bonds. The molecule has 1 aromatic rings. The summed E-state index contributed by atoms with van der Waals surface area (Å²) in [6.07, 6.45) is 5.13. The Morgan fingerprint density at radius 2 is 2.00 bits per heavy atom. The lowest BCUT2D eigenvalue weighted by molar-refractivity contribution is 0.169. The first-order valence-corrected chi connectivity index (χ1v) is 8.13. The van der Waals surface area contributed by atoms with Gasteiger partial charge in [-0.25, -0.2) is 0 Å². The molecule has 1 aliphatic carbocycles. The van der Waals surface area contributed by atoms with Crippen LogP contribution in [0.2, 0.25) is 0 Å². The third-order valence-electron chi connectivity index (χ3n) is 4.40. The molecule has 112 valence electrons. The second kappa shape index (κ2) is 7.43. The summed E-state index contributed by atoms with van der Waals surface area (Å²) in [6, 6.07) is 7.59. The van der Waals surface area contributed by atoms with E-state index in [9.17, 15) is 0 Å². The van der Waals surface area contributed by atoms with Gasteiger partial charge in [-0.05, 0) is 63.5 Å². The van der Waals surface area contributed by atoms with E-state index in [1.54, 1.807) is 7.11 Å². The molecule has 0 unspecified atom stereocenters. The molecule has 1 aliphatic rings. The molecule has 3 nitrogen and oxygen atoms in total. The monoisotopic (exact) mass is 340 g/mol. The minimum atomic E-state index is 0.692. The van der Waals surface area contributed by atoms with E-state index in [-0.39, 0.29) is 0 Å². The Balaban J connectivity index is 1.96. The molecule has 1 fully saturated rings. The Morgan fingerprint density at radius 1 is 1.30 bits per heavy atom. The summed E-state index contributed by atoms with van der Waals surface area (Å²) in [5.41, 5.74) is 1.29. The normalized spacial score (nSPS) is 23.1. The molecule has 2 rings (SSSR count). The fourth-order valence-corrected chi connectivity index (χ4v) is 3.37. The summed E-state index contributed by atoms with van der Waals surface area (Å²) in [5, 5.41) is 3.39. The number of nitrogens with zero attached hydrogens (tertiary/aromatic N) is 1. The zero-order valence-electron chi connectivity index (χ0n) is 12.7. The van der Waals surface area contributed by atoms with Crippen LogP contribution in [0.25, 0.3) is 0 Å². The molecule has 4 heteroatoms. The first-order chi connectivity index (χ1) is 9.63. The number of benzene rings is 1. The molecule has 0 aromatic heterocycles. The average Bonchev–Trinajstić information content (AvgIpc) is 2.49. The van der Waals surface area contributed by atoms with Gasteiger partial charge >= 0.3 is 0 Å². The highest BCUT2D eigenvalue weighted by Gasteiger charge is 2.23. The van der Waals surface area contributed by atoms with Crippen molar-refractivity contribution in [2.45, 2.75) is 44.3 Å². The molecule has 1 saturated carbocycles. The van der Waals surface area contributed by atoms with Gasteiger partial charge in [-0.15, -0.1) is 0 Å². The molecule has 20 heavy (non-hydrogen) atoms. The van der Waals surface area contributed by atoms with Gasteiger partial charge in [0.1, 0.15) is 5.75 Å². The highest BCUT2D eigenvalue weighted by atomic mass is 79.9. The van der Waals surface area contributed by atoms with Crippen molar-refractivity contribution in [2.24, 2.45) is 0 Å². The Kier molecular flexibility index (Phi) is 5.87. The Hall–Kier alpha value is -0.580. The highest BCUT2D eigenvalue weighted by Crippen LogP contribution is 2.27. The number of hydrogen-bond acceptors (Lipinski definition) is 3. The maximum Gasteiger partial charge on any atom is 0.119 e. The number of methoxy groups -OCH3 is 1. The molecule has 0 aliphatic heterocycles. The van der Waals surface area contributed by atoms with Gasteiger partial charge in [0.2, 0.25) is 0 Å². The van der Waals surface area contributed by atoms with Crippen LogP contribution in [0.15, 0.2) is 22.7 Å². The van der Waals surface area contributed by atoms with Gasteiger partial charge in [0, 0.05) is 23.1 Å². The summed E-state index contributed by atoms with van der Waals surface area (Å²) in [4.78, 5) is 2.48. The number of halogens is 1. The molecule has 0 bridgehead atoms. The summed E-state index contributed by atoms with van der Waals surface area (Å²) < 4.78 is 6.48. The van der Waals surface area contributed by atoms with Gasteiger partial charge in [-0.2, -0.15) is 0 Å². The summed E-state index contributed by atoms with van der Waals surface area (Å²) in [6.45, 7) is 0.965. The third kappa shape index (κ3) is 3.96. The number of hydrogen-bond donors (Lipinski definition) is 1. The zero-order valence-corrected chi connectivity index (χ0v) is 14.2. The van der Waals surface area contributed by atoms with Crippen molar-refractivity contribution in [3.05, 3.63) is 28.2 Å². The lowest BCUT2D eigenvalue weighted by Crippen LogP contribution is -2.39. The Morgan fingerprint density at radius 3 is 2.60 bits per heavy atom. The Labute approximate surface area is 130 Å². The van der Waals surface area contributed by atoms with Gasteiger partial charge in [0.15, 0.2) is 0 Å². The van der Waals surface area contributed by atoms with Crippen molar-refractivity contribution in [3.8, 4) is 5.75 Å². The molecule has 1 aromatic carbocycles. The van der Waals surface area contributed by atoms with Crippen LogP contribution < -0.4 is 10.1 Å². The molecule has 1 N–H and O–H groups in total. The van der Waals surface area contributed by atoms with E-state index < -0.39 is 0 Å². The zero-order chi connectivity index (χ0) is 14.5. The summed E-state index contributed by atoms with van der Waals surface area (Å²) in [5.74, 6) is 0.926. The lowest BCUT2D eigenvalue weighted by atomic mass is 9.90. The largest absolute Gasteiger partial charge is 0.497 e. The van der Waals surface area contributed by atoms with Crippen LogP contribution in [0.1, 0.15) is 31.2 Å². The van der Waals surface area contributed by atoms with Crippen LogP contribution in [-0.2, 0) is 6.54 Å². The maximum atomic E-state index is 5.32. The van der Waals surface area contributed by atoms with E-state index in [0.717, 1.165) is 16.8 Å². The van der Waals surface area contributed by atoms with Crippen molar-refractivity contribution < 1.29 is 4.74 Å². The first-order valence-electron chi connectivity index (χ1n) is 7.34. The number of rotatable bonds is 5. The molecule has 0 spiro atoms. The fourth-order valence-electron chi connectivity index (χ4n) is 3.00. The molecule has 0 heterocycles. The van der Waals surface area contributed by atoms with Crippen LogP contribution in [-0.4, -0.2) is 38.2 Å². The van der Waals surface area contributed by atoms with E-state index in [4.69, 9.17) is 4.74 Å². The lowest BCUT2D eigenvalue weighted by Gasteiger charge is -2.34. The summed E-state index contributed by atoms with van der Waals surface area (Å²) >= 11 is 3.64. The topological polar surface area (TPSA) is 24.5 Å². The van der Waals surface area contributed by atoms with Gasteiger partial charge in [-0.3, -0.25) is 4.90 Å². The van der Waals surface area contributed by atoms with Crippen molar-refractivity contribution in [1.29, 1.82) is 0 Å². The van der Waals surface area contributed by atoms with Crippen molar-refractivity contribution in [3.63, 3.8) is 0 Å². The Bertz CT molecular complexity index is 430. The van der Waals surface area contributed by atoms with Gasteiger partial charge in [0.25, 0.3) is 0 Å². The van der Waals surface area contributed by atoms with Crippen molar-refractivity contribution in [1.82, 2.24) is 10.2 Å². The number of nitrogens with one attached hydrogen (secondary N) is 1.